The maximum atomic E-state index is 13.1. The van der Waals surface area contributed by atoms with Gasteiger partial charge in [0.25, 0.3) is 0 Å². The number of halogens is 3. The van der Waals surface area contributed by atoms with Gasteiger partial charge in [-0.1, -0.05) is 11.6 Å². The van der Waals surface area contributed by atoms with Crippen LogP contribution < -0.4 is 10.1 Å². The minimum atomic E-state index is -0.597. The number of hydrogen-bond acceptors (Lipinski definition) is 3. The molecule has 1 amide bonds. The molecule has 0 bridgehead atoms. The minimum absolute atomic E-state index is 0.0294. The van der Waals surface area contributed by atoms with Crippen LogP contribution in [-0.2, 0) is 0 Å². The number of carbonyl (C=O) groups excluding carboxylic acids is 2. The quantitative estimate of drug-likeness (QED) is 0.670. The van der Waals surface area contributed by atoms with Crippen molar-refractivity contribution in [2.24, 2.45) is 0 Å². The maximum absolute atomic E-state index is 13.1. The standard InChI is InChI=1S/C18H16BrClFNO3/c1-18(2,3)22-17(24)25-11-5-7-12(14(19)9-11)16(23)13-6-4-10(21)8-15(13)20/h4-9H,1-3H3,(H,22,24). The molecule has 7 heteroatoms. The predicted octanol–water partition coefficient (Wildman–Crippen LogP) is 5.36. The van der Waals surface area contributed by atoms with Crippen LogP contribution in [0.5, 0.6) is 5.75 Å². The molecule has 0 unspecified atom stereocenters. The molecule has 0 radical (unpaired) electrons. The van der Waals surface area contributed by atoms with E-state index in [1.54, 1.807) is 0 Å². The number of amides is 1. The van der Waals surface area contributed by atoms with Crippen molar-refractivity contribution in [3.8, 4) is 5.75 Å². The van der Waals surface area contributed by atoms with Crippen LogP contribution in [0.3, 0.4) is 0 Å². The molecule has 0 aliphatic carbocycles. The first-order chi connectivity index (χ1) is 11.6. The third kappa shape index (κ3) is 5.28. The molecule has 1 N–H and O–H groups in total. The fourth-order valence-corrected chi connectivity index (χ4v) is 2.79. The fourth-order valence-electron chi connectivity index (χ4n) is 2.00. The average molecular weight is 429 g/mol. The number of hydrogen-bond donors (Lipinski definition) is 1. The molecular formula is C18H16BrClFNO3. The summed E-state index contributed by atoms with van der Waals surface area (Å²) in [5.74, 6) is -0.618. The first-order valence-corrected chi connectivity index (χ1v) is 8.53. The van der Waals surface area contributed by atoms with Crippen molar-refractivity contribution in [3.63, 3.8) is 0 Å². The lowest BCUT2D eigenvalue weighted by Gasteiger charge is -2.20. The van der Waals surface area contributed by atoms with Gasteiger partial charge in [-0.25, -0.2) is 9.18 Å². The van der Waals surface area contributed by atoms with E-state index in [9.17, 15) is 14.0 Å². The van der Waals surface area contributed by atoms with E-state index in [1.807, 2.05) is 20.8 Å². The van der Waals surface area contributed by atoms with Crippen molar-refractivity contribution in [2.75, 3.05) is 0 Å². The average Bonchev–Trinajstić information content (AvgIpc) is 2.44. The van der Waals surface area contributed by atoms with Gasteiger partial charge >= 0.3 is 6.09 Å². The summed E-state index contributed by atoms with van der Waals surface area (Å²) in [7, 11) is 0. The summed E-state index contributed by atoms with van der Waals surface area (Å²) < 4.78 is 18.7. The second-order valence-electron chi connectivity index (χ2n) is 6.36. The first-order valence-electron chi connectivity index (χ1n) is 7.36. The van der Waals surface area contributed by atoms with Gasteiger partial charge < -0.3 is 10.1 Å². The molecule has 0 saturated heterocycles. The van der Waals surface area contributed by atoms with Gasteiger partial charge in [0.2, 0.25) is 0 Å². The minimum Gasteiger partial charge on any atom is -0.410 e. The van der Waals surface area contributed by atoms with Crippen molar-refractivity contribution in [1.29, 1.82) is 0 Å². The molecule has 0 fully saturated rings. The molecule has 4 nitrogen and oxygen atoms in total. The van der Waals surface area contributed by atoms with Gasteiger partial charge in [-0.3, -0.25) is 4.79 Å². The van der Waals surface area contributed by atoms with E-state index in [2.05, 4.69) is 21.2 Å². The summed E-state index contributed by atoms with van der Waals surface area (Å²) >= 11 is 9.22. The Labute approximate surface area is 158 Å². The Bertz CT molecular complexity index is 834. The Kier molecular flexibility index (Phi) is 5.85. The molecule has 0 heterocycles. The van der Waals surface area contributed by atoms with Crippen molar-refractivity contribution >= 4 is 39.4 Å². The van der Waals surface area contributed by atoms with Crippen LogP contribution in [0, 0.1) is 5.82 Å². The fraction of sp³-hybridized carbons (Fsp3) is 0.222. The van der Waals surface area contributed by atoms with Crippen LogP contribution >= 0.6 is 27.5 Å². The third-order valence-corrected chi connectivity index (χ3v) is 4.02. The second kappa shape index (κ2) is 7.54. The van der Waals surface area contributed by atoms with Gasteiger partial charge in [0, 0.05) is 21.1 Å². The third-order valence-electron chi connectivity index (χ3n) is 3.05. The zero-order chi connectivity index (χ0) is 18.8. The molecule has 2 aromatic rings. The van der Waals surface area contributed by atoms with Crippen LogP contribution in [0.25, 0.3) is 0 Å². The van der Waals surface area contributed by atoms with E-state index in [0.29, 0.717) is 10.0 Å². The zero-order valence-corrected chi connectivity index (χ0v) is 16.2. The number of nitrogens with one attached hydrogen (secondary N) is 1. The molecule has 0 atom stereocenters. The summed E-state index contributed by atoms with van der Waals surface area (Å²) in [6.07, 6.45) is -0.597. The Hall–Kier alpha value is -1.92. The van der Waals surface area contributed by atoms with E-state index in [-0.39, 0.29) is 22.1 Å². The Balaban J connectivity index is 2.21. The van der Waals surface area contributed by atoms with E-state index in [1.165, 1.54) is 30.3 Å². The summed E-state index contributed by atoms with van der Waals surface area (Å²) in [4.78, 5) is 24.4. The highest BCUT2D eigenvalue weighted by Gasteiger charge is 2.19. The molecule has 132 valence electrons. The SMILES string of the molecule is CC(C)(C)NC(=O)Oc1ccc(C(=O)c2ccc(F)cc2Cl)c(Br)c1. The van der Waals surface area contributed by atoms with Crippen LogP contribution in [0.15, 0.2) is 40.9 Å². The highest BCUT2D eigenvalue weighted by molar-refractivity contribution is 9.10. The van der Waals surface area contributed by atoms with Gasteiger partial charge in [-0.05, 0) is 73.1 Å². The lowest BCUT2D eigenvalue weighted by atomic mass is 10.0. The number of benzene rings is 2. The predicted molar refractivity (Wildman–Crippen MR) is 97.9 cm³/mol. The number of rotatable bonds is 3. The van der Waals surface area contributed by atoms with Crippen molar-refractivity contribution < 1.29 is 18.7 Å². The molecule has 0 spiro atoms. The zero-order valence-electron chi connectivity index (χ0n) is 13.8. The molecule has 2 rings (SSSR count). The van der Waals surface area contributed by atoms with Gasteiger partial charge in [0.15, 0.2) is 5.78 Å². The molecule has 2 aromatic carbocycles. The Morgan fingerprint density at radius 3 is 2.32 bits per heavy atom. The molecular weight excluding hydrogens is 413 g/mol. The highest BCUT2D eigenvalue weighted by Crippen LogP contribution is 2.28. The van der Waals surface area contributed by atoms with E-state index < -0.39 is 17.4 Å². The van der Waals surface area contributed by atoms with Crippen molar-refractivity contribution in [3.05, 3.63) is 62.8 Å². The van der Waals surface area contributed by atoms with Crippen LogP contribution in [-0.4, -0.2) is 17.4 Å². The van der Waals surface area contributed by atoms with Crippen LogP contribution in [0.1, 0.15) is 36.7 Å². The number of ether oxygens (including phenoxy) is 1. The summed E-state index contributed by atoms with van der Waals surface area (Å²) in [5.41, 5.74) is 0.0730. The Morgan fingerprint density at radius 1 is 1.12 bits per heavy atom. The molecule has 0 saturated carbocycles. The van der Waals surface area contributed by atoms with Gasteiger partial charge in [0.05, 0.1) is 5.02 Å². The van der Waals surface area contributed by atoms with E-state index in [0.717, 1.165) is 6.07 Å². The summed E-state index contributed by atoms with van der Waals surface area (Å²) in [6, 6.07) is 8.09. The van der Waals surface area contributed by atoms with Gasteiger partial charge in [0.1, 0.15) is 11.6 Å². The van der Waals surface area contributed by atoms with Gasteiger partial charge in [-0.15, -0.1) is 0 Å². The lowest BCUT2D eigenvalue weighted by molar-refractivity contribution is 0.103. The van der Waals surface area contributed by atoms with E-state index >= 15 is 0 Å². The molecule has 0 aromatic heterocycles. The van der Waals surface area contributed by atoms with Crippen molar-refractivity contribution in [2.45, 2.75) is 26.3 Å². The Morgan fingerprint density at radius 2 is 1.76 bits per heavy atom. The van der Waals surface area contributed by atoms with Gasteiger partial charge in [-0.2, -0.15) is 0 Å². The summed E-state index contributed by atoms with van der Waals surface area (Å²) in [6.45, 7) is 5.50. The lowest BCUT2D eigenvalue weighted by Crippen LogP contribution is -2.42. The maximum Gasteiger partial charge on any atom is 0.413 e. The molecule has 0 aliphatic rings. The van der Waals surface area contributed by atoms with Crippen LogP contribution in [0.2, 0.25) is 5.02 Å². The largest absolute Gasteiger partial charge is 0.413 e. The van der Waals surface area contributed by atoms with Crippen LogP contribution in [0.4, 0.5) is 9.18 Å². The summed E-state index contributed by atoms with van der Waals surface area (Å²) in [5, 5.41) is 2.70. The number of carbonyl (C=O) groups is 2. The van der Waals surface area contributed by atoms with E-state index in [4.69, 9.17) is 16.3 Å². The monoisotopic (exact) mass is 427 g/mol. The number of ketones is 1. The molecule has 25 heavy (non-hydrogen) atoms. The van der Waals surface area contributed by atoms with Crippen molar-refractivity contribution in [1.82, 2.24) is 5.32 Å². The first kappa shape index (κ1) is 19.4. The second-order valence-corrected chi connectivity index (χ2v) is 7.62. The highest BCUT2D eigenvalue weighted by atomic mass is 79.9. The topological polar surface area (TPSA) is 55.4 Å². The smallest absolute Gasteiger partial charge is 0.410 e. The molecule has 0 aliphatic heterocycles. The normalized spacial score (nSPS) is 11.1.